The van der Waals surface area contributed by atoms with E-state index < -0.39 is 27.8 Å². The number of carbonyl (C=O) groups excluding carboxylic acids is 1. The second-order valence-corrected chi connectivity index (χ2v) is 5.35. The molecule has 0 unspecified atom stereocenters. The maximum atomic E-state index is 11.2. The summed E-state index contributed by atoms with van der Waals surface area (Å²) >= 11 is 0. The molecule has 0 bridgehead atoms. The lowest BCUT2D eigenvalue weighted by Gasteiger charge is -2.17. The number of ether oxygens (including phenoxy) is 2. The minimum absolute atomic E-state index is 0.149. The minimum Gasteiger partial charge on any atom is -0.351 e. The number of hydrogen-bond donors (Lipinski definition) is 1. The van der Waals surface area contributed by atoms with Crippen molar-refractivity contribution in [3.8, 4) is 0 Å². The van der Waals surface area contributed by atoms with Crippen LogP contribution in [0.5, 0.6) is 0 Å². The van der Waals surface area contributed by atoms with Gasteiger partial charge in [-0.3, -0.25) is 4.79 Å². The largest absolute Gasteiger partial charge is 0.351 e. The van der Waals surface area contributed by atoms with Crippen LogP contribution in [0.2, 0.25) is 0 Å². The number of hydrogen-bond acceptors (Lipinski definition) is 5. The van der Waals surface area contributed by atoms with E-state index in [9.17, 15) is 13.2 Å². The van der Waals surface area contributed by atoms with E-state index in [1.165, 1.54) is 0 Å². The Morgan fingerprint density at radius 1 is 1.25 bits per heavy atom. The summed E-state index contributed by atoms with van der Waals surface area (Å²) in [6.07, 6.45) is 0.480. The fourth-order valence-corrected chi connectivity index (χ4v) is 1.60. The molecule has 0 atom stereocenters. The van der Waals surface area contributed by atoms with E-state index in [1.807, 2.05) is 13.8 Å². The molecule has 0 heterocycles. The molecule has 0 saturated heterocycles. The van der Waals surface area contributed by atoms with E-state index in [1.54, 1.807) is 0 Å². The van der Waals surface area contributed by atoms with Crippen LogP contribution in [0.1, 0.15) is 13.8 Å². The molecule has 0 aromatic heterocycles. The zero-order valence-corrected chi connectivity index (χ0v) is 10.7. The van der Waals surface area contributed by atoms with Gasteiger partial charge in [0, 0.05) is 19.5 Å². The van der Waals surface area contributed by atoms with Crippen LogP contribution in [0.4, 0.5) is 0 Å². The summed E-state index contributed by atoms with van der Waals surface area (Å²) in [6.45, 7) is 4.70. The highest BCUT2D eigenvalue weighted by Gasteiger charge is 2.13. The highest BCUT2D eigenvalue weighted by atomic mass is 32.2. The molecule has 7 heteroatoms. The van der Waals surface area contributed by atoms with Crippen LogP contribution >= 0.6 is 0 Å². The zero-order chi connectivity index (χ0) is 12.6. The van der Waals surface area contributed by atoms with Gasteiger partial charge in [-0.1, -0.05) is 0 Å². The minimum atomic E-state index is -3.29. The molecular weight excluding hydrogens is 234 g/mol. The molecule has 0 saturated carbocycles. The molecule has 0 aromatic rings. The second kappa shape index (κ2) is 7.59. The third-order valence-corrected chi connectivity index (χ3v) is 2.35. The van der Waals surface area contributed by atoms with Crippen molar-refractivity contribution < 1.29 is 22.7 Å². The molecule has 1 amide bonds. The monoisotopic (exact) mass is 253 g/mol. The Labute approximate surface area is 96.2 Å². The first kappa shape index (κ1) is 15.3. The van der Waals surface area contributed by atoms with Crippen LogP contribution in [0.15, 0.2) is 0 Å². The van der Waals surface area contributed by atoms with Gasteiger partial charge in [-0.25, -0.2) is 8.42 Å². The van der Waals surface area contributed by atoms with Gasteiger partial charge in [0.1, 0.15) is 5.75 Å². The highest BCUT2D eigenvalue weighted by Crippen LogP contribution is 1.93. The molecule has 0 fully saturated rings. The van der Waals surface area contributed by atoms with Crippen LogP contribution in [0.25, 0.3) is 0 Å². The third-order valence-electron chi connectivity index (χ3n) is 1.56. The summed E-state index contributed by atoms with van der Waals surface area (Å²) in [5, 5.41) is 2.44. The lowest BCUT2D eigenvalue weighted by molar-refractivity contribution is -0.139. The van der Waals surface area contributed by atoms with Crippen molar-refractivity contribution in [2.45, 2.75) is 20.1 Å². The molecule has 6 nitrogen and oxygen atoms in total. The van der Waals surface area contributed by atoms with Crippen molar-refractivity contribution in [2.75, 3.05) is 31.8 Å². The molecule has 0 aliphatic carbocycles. The van der Waals surface area contributed by atoms with E-state index in [-0.39, 0.29) is 6.54 Å². The Balaban J connectivity index is 3.95. The van der Waals surface area contributed by atoms with E-state index in [0.717, 1.165) is 6.26 Å². The number of sulfone groups is 1. The van der Waals surface area contributed by atoms with E-state index >= 15 is 0 Å². The first-order valence-corrected chi connectivity index (χ1v) is 7.12. The number of nitrogens with one attached hydrogen (secondary N) is 1. The first-order valence-electron chi connectivity index (χ1n) is 5.06. The predicted octanol–water partition coefficient (Wildman–Crippen LogP) is -0.454. The molecule has 0 aliphatic heterocycles. The van der Waals surface area contributed by atoms with Gasteiger partial charge >= 0.3 is 0 Å². The molecule has 0 radical (unpaired) electrons. The number of amides is 1. The topological polar surface area (TPSA) is 81.7 Å². The Morgan fingerprint density at radius 3 is 2.12 bits per heavy atom. The van der Waals surface area contributed by atoms with Crippen LogP contribution in [0.3, 0.4) is 0 Å². The third kappa shape index (κ3) is 8.63. The van der Waals surface area contributed by atoms with Crippen LogP contribution in [0, 0.1) is 0 Å². The molecule has 96 valence electrons. The predicted molar refractivity (Wildman–Crippen MR) is 59.8 cm³/mol. The van der Waals surface area contributed by atoms with E-state index in [4.69, 9.17) is 9.47 Å². The Morgan fingerprint density at radius 2 is 1.75 bits per heavy atom. The average molecular weight is 253 g/mol. The van der Waals surface area contributed by atoms with Crippen molar-refractivity contribution in [3.63, 3.8) is 0 Å². The maximum Gasteiger partial charge on any atom is 0.235 e. The highest BCUT2D eigenvalue weighted by molar-refractivity contribution is 7.91. The van der Waals surface area contributed by atoms with Gasteiger partial charge in [-0.05, 0) is 13.8 Å². The Bertz CT molecular complexity index is 295. The van der Waals surface area contributed by atoms with Crippen molar-refractivity contribution in [2.24, 2.45) is 0 Å². The van der Waals surface area contributed by atoms with Gasteiger partial charge in [0.25, 0.3) is 0 Å². The van der Waals surface area contributed by atoms with Gasteiger partial charge in [-0.15, -0.1) is 0 Å². The SMILES string of the molecule is CCOC(CNC(=O)CS(C)(=O)=O)OCC. The molecule has 1 N–H and O–H groups in total. The summed E-state index contributed by atoms with van der Waals surface area (Å²) < 4.78 is 32.0. The van der Waals surface area contributed by atoms with Crippen LogP contribution < -0.4 is 5.32 Å². The molecular formula is C9H19NO5S. The molecule has 0 aromatic carbocycles. The van der Waals surface area contributed by atoms with Gasteiger partial charge < -0.3 is 14.8 Å². The standard InChI is InChI=1S/C9H19NO5S/c1-4-14-9(15-5-2)6-10-8(11)7-16(3,12)13/h9H,4-7H2,1-3H3,(H,10,11). The van der Waals surface area contributed by atoms with Crippen molar-refractivity contribution in [1.82, 2.24) is 5.32 Å². The lowest BCUT2D eigenvalue weighted by Crippen LogP contribution is -2.38. The average Bonchev–Trinajstić information content (AvgIpc) is 2.12. The summed E-state index contributed by atoms with van der Waals surface area (Å²) in [6, 6.07) is 0. The van der Waals surface area contributed by atoms with Crippen molar-refractivity contribution >= 4 is 15.7 Å². The van der Waals surface area contributed by atoms with Gasteiger partial charge in [-0.2, -0.15) is 0 Å². The summed E-state index contributed by atoms with van der Waals surface area (Å²) in [5.41, 5.74) is 0. The normalized spacial score (nSPS) is 11.8. The molecule has 0 aliphatic rings. The smallest absolute Gasteiger partial charge is 0.235 e. The van der Waals surface area contributed by atoms with Gasteiger partial charge in [0.15, 0.2) is 16.1 Å². The lowest BCUT2D eigenvalue weighted by atomic mass is 10.5. The summed E-state index contributed by atoms with van der Waals surface area (Å²) in [7, 11) is -3.29. The second-order valence-electron chi connectivity index (χ2n) is 3.21. The van der Waals surface area contributed by atoms with Gasteiger partial charge in [0.2, 0.25) is 5.91 Å². The van der Waals surface area contributed by atoms with Gasteiger partial charge in [0.05, 0.1) is 6.54 Å². The quantitative estimate of drug-likeness (QED) is 0.592. The molecule has 0 rings (SSSR count). The van der Waals surface area contributed by atoms with Crippen LogP contribution in [-0.4, -0.2) is 52.4 Å². The van der Waals surface area contributed by atoms with Crippen LogP contribution in [-0.2, 0) is 24.1 Å². The van der Waals surface area contributed by atoms with Crippen molar-refractivity contribution in [1.29, 1.82) is 0 Å². The molecule has 16 heavy (non-hydrogen) atoms. The fourth-order valence-electron chi connectivity index (χ4n) is 1.02. The van der Waals surface area contributed by atoms with Crippen molar-refractivity contribution in [3.05, 3.63) is 0 Å². The number of rotatable bonds is 8. The van der Waals surface area contributed by atoms with E-state index in [0.29, 0.717) is 13.2 Å². The number of carbonyl (C=O) groups is 1. The Kier molecular flexibility index (Phi) is 7.27. The Hall–Kier alpha value is -0.660. The van der Waals surface area contributed by atoms with E-state index in [2.05, 4.69) is 5.32 Å². The molecule has 0 spiro atoms. The maximum absolute atomic E-state index is 11.2. The first-order chi connectivity index (χ1) is 7.39. The summed E-state index contributed by atoms with van der Waals surface area (Å²) in [4.78, 5) is 11.2. The summed E-state index contributed by atoms with van der Waals surface area (Å²) in [5.74, 6) is -1.07. The fraction of sp³-hybridized carbons (Fsp3) is 0.889. The zero-order valence-electron chi connectivity index (χ0n) is 9.86.